The second kappa shape index (κ2) is 8.33. The van der Waals surface area contributed by atoms with Crippen LogP contribution in [0.5, 0.6) is 0 Å². The molecule has 0 aliphatic rings. The van der Waals surface area contributed by atoms with Gasteiger partial charge in [0.2, 0.25) is 0 Å². The van der Waals surface area contributed by atoms with E-state index in [2.05, 4.69) is 0 Å². The number of nitro groups is 1. The Balaban J connectivity index is 3.42. The summed E-state index contributed by atoms with van der Waals surface area (Å²) in [7, 11) is -3.86. The van der Waals surface area contributed by atoms with E-state index in [1.807, 2.05) is 0 Å². The number of Topliss-reactive ketones (excluding diaryl/α,β-unsaturated/α-hetero) is 1. The van der Waals surface area contributed by atoms with E-state index in [1.54, 1.807) is 33.8 Å². The predicted molar refractivity (Wildman–Crippen MR) is 91.8 cm³/mol. The topological polar surface area (TPSA) is 95.7 Å². The summed E-state index contributed by atoms with van der Waals surface area (Å²) in [5.74, 6) is -0.480. The van der Waals surface area contributed by atoms with Crippen molar-refractivity contribution in [3.8, 4) is 0 Å². The second-order valence-electron chi connectivity index (χ2n) is 5.74. The standard InChI is InChI=1S/C16H22NO6P/c1-11(2)22-24(21,23-12(3)4)16(13(5)18)10-14-7-6-8-15(9-14)17(19)20/h6-12H,1-5H3. The molecule has 24 heavy (non-hydrogen) atoms. The number of rotatable bonds is 8. The van der Waals surface area contributed by atoms with Gasteiger partial charge in [0.05, 0.1) is 17.1 Å². The first-order valence-electron chi connectivity index (χ1n) is 7.49. The Labute approximate surface area is 141 Å². The number of ketones is 1. The average molecular weight is 355 g/mol. The maximum absolute atomic E-state index is 13.1. The molecule has 0 heterocycles. The molecule has 0 aromatic heterocycles. The van der Waals surface area contributed by atoms with Gasteiger partial charge in [0.15, 0.2) is 5.78 Å². The van der Waals surface area contributed by atoms with E-state index in [0.717, 1.165) is 0 Å². The van der Waals surface area contributed by atoms with Crippen LogP contribution in [0.3, 0.4) is 0 Å². The highest BCUT2D eigenvalue weighted by Crippen LogP contribution is 2.58. The lowest BCUT2D eigenvalue weighted by atomic mass is 10.2. The molecule has 0 N–H and O–H groups in total. The number of nitro benzene ring substituents is 1. The summed E-state index contributed by atoms with van der Waals surface area (Å²) in [6.07, 6.45) is 0.464. The largest absolute Gasteiger partial charge is 0.365 e. The molecule has 0 aliphatic heterocycles. The van der Waals surface area contributed by atoms with Crippen molar-refractivity contribution in [1.29, 1.82) is 0 Å². The number of non-ortho nitro benzene ring substituents is 1. The average Bonchev–Trinajstić information content (AvgIpc) is 2.42. The molecule has 0 radical (unpaired) electrons. The maximum atomic E-state index is 13.1. The number of nitrogens with zero attached hydrogens (tertiary/aromatic N) is 1. The Morgan fingerprint density at radius 2 is 1.75 bits per heavy atom. The number of hydrogen-bond donors (Lipinski definition) is 0. The number of carbonyl (C=O) groups excluding carboxylic acids is 1. The first kappa shape index (κ1) is 20.2. The molecular formula is C16H22NO6P. The first-order chi connectivity index (χ1) is 11.0. The Hall–Kier alpha value is -1.82. The lowest BCUT2D eigenvalue weighted by Crippen LogP contribution is -2.12. The zero-order valence-corrected chi connectivity index (χ0v) is 15.3. The quantitative estimate of drug-likeness (QED) is 0.293. The number of hydrogen-bond acceptors (Lipinski definition) is 6. The van der Waals surface area contributed by atoms with E-state index < -0.39 is 30.5 Å². The molecule has 0 unspecified atom stereocenters. The molecule has 132 valence electrons. The lowest BCUT2D eigenvalue weighted by molar-refractivity contribution is -0.384. The van der Waals surface area contributed by atoms with Gasteiger partial charge in [0.1, 0.15) is 5.31 Å². The van der Waals surface area contributed by atoms with E-state index in [4.69, 9.17) is 9.05 Å². The molecule has 0 aliphatic carbocycles. The van der Waals surface area contributed by atoms with Crippen LogP contribution in [0, 0.1) is 10.1 Å². The van der Waals surface area contributed by atoms with Gasteiger partial charge in [0.25, 0.3) is 5.69 Å². The van der Waals surface area contributed by atoms with Gasteiger partial charge in [-0.2, -0.15) is 0 Å². The van der Waals surface area contributed by atoms with E-state index in [-0.39, 0.29) is 11.0 Å². The smallest absolute Gasteiger partial charge is 0.302 e. The van der Waals surface area contributed by atoms with Crippen LogP contribution >= 0.6 is 7.60 Å². The van der Waals surface area contributed by atoms with Crippen LogP contribution in [0.1, 0.15) is 40.2 Å². The molecule has 0 saturated carbocycles. The molecule has 1 aromatic carbocycles. The fraction of sp³-hybridized carbons (Fsp3) is 0.438. The van der Waals surface area contributed by atoms with Gasteiger partial charge in [-0.25, -0.2) is 0 Å². The minimum atomic E-state index is -3.86. The van der Waals surface area contributed by atoms with E-state index in [0.29, 0.717) is 5.56 Å². The van der Waals surface area contributed by atoms with Crippen molar-refractivity contribution in [2.45, 2.75) is 46.8 Å². The van der Waals surface area contributed by atoms with Crippen molar-refractivity contribution in [3.05, 3.63) is 45.3 Å². The van der Waals surface area contributed by atoms with Gasteiger partial charge in [0, 0.05) is 12.1 Å². The molecule has 0 saturated heterocycles. The molecule has 7 nitrogen and oxygen atoms in total. The molecule has 0 fully saturated rings. The highest BCUT2D eigenvalue weighted by Gasteiger charge is 2.35. The lowest BCUT2D eigenvalue weighted by Gasteiger charge is -2.23. The Morgan fingerprint density at radius 3 is 2.17 bits per heavy atom. The molecule has 0 bridgehead atoms. The second-order valence-corrected chi connectivity index (χ2v) is 7.64. The zero-order valence-electron chi connectivity index (χ0n) is 14.4. The van der Waals surface area contributed by atoms with Gasteiger partial charge in [-0.15, -0.1) is 0 Å². The van der Waals surface area contributed by atoms with Crippen LogP contribution in [0.4, 0.5) is 5.69 Å². The monoisotopic (exact) mass is 355 g/mol. The predicted octanol–water partition coefficient (Wildman–Crippen LogP) is 4.57. The molecule has 1 rings (SSSR count). The summed E-state index contributed by atoms with van der Waals surface area (Å²) in [4.78, 5) is 22.4. The molecular weight excluding hydrogens is 333 g/mol. The van der Waals surface area contributed by atoms with Gasteiger partial charge >= 0.3 is 7.60 Å². The number of benzene rings is 1. The van der Waals surface area contributed by atoms with E-state index in [9.17, 15) is 19.5 Å². The summed E-state index contributed by atoms with van der Waals surface area (Å²) in [5, 5.41) is 10.7. The van der Waals surface area contributed by atoms with Crippen molar-refractivity contribution in [2.24, 2.45) is 0 Å². The van der Waals surface area contributed by atoms with Crippen molar-refractivity contribution in [2.75, 3.05) is 0 Å². The third-order valence-corrected chi connectivity index (χ3v) is 5.17. The van der Waals surface area contributed by atoms with Crippen LogP contribution in [-0.2, 0) is 18.4 Å². The third kappa shape index (κ3) is 5.67. The van der Waals surface area contributed by atoms with Crippen molar-refractivity contribution < 1.29 is 23.3 Å². The van der Waals surface area contributed by atoms with Crippen LogP contribution < -0.4 is 0 Å². The molecule has 0 amide bonds. The zero-order chi connectivity index (χ0) is 18.5. The Bertz CT molecular complexity index is 682. The summed E-state index contributed by atoms with van der Waals surface area (Å²) >= 11 is 0. The summed E-state index contributed by atoms with van der Waals surface area (Å²) in [6.45, 7) is 7.98. The summed E-state index contributed by atoms with van der Waals surface area (Å²) in [6, 6.07) is 5.68. The molecule has 1 aromatic rings. The molecule has 8 heteroatoms. The molecule has 0 spiro atoms. The Morgan fingerprint density at radius 1 is 1.21 bits per heavy atom. The van der Waals surface area contributed by atoms with Crippen molar-refractivity contribution in [1.82, 2.24) is 0 Å². The third-order valence-electron chi connectivity index (χ3n) is 2.74. The fourth-order valence-electron chi connectivity index (χ4n) is 1.95. The minimum absolute atomic E-state index is 0.129. The first-order valence-corrected chi connectivity index (χ1v) is 9.04. The van der Waals surface area contributed by atoms with E-state index >= 15 is 0 Å². The highest BCUT2D eigenvalue weighted by molar-refractivity contribution is 7.60. The van der Waals surface area contributed by atoms with Gasteiger partial charge in [-0.05, 0) is 46.3 Å². The van der Waals surface area contributed by atoms with Crippen LogP contribution in [0.2, 0.25) is 0 Å². The number of carbonyl (C=O) groups is 1. The van der Waals surface area contributed by atoms with Crippen molar-refractivity contribution in [3.63, 3.8) is 0 Å². The van der Waals surface area contributed by atoms with Gasteiger partial charge in [-0.3, -0.25) is 19.5 Å². The van der Waals surface area contributed by atoms with Crippen molar-refractivity contribution >= 4 is 25.1 Å². The summed E-state index contributed by atoms with van der Waals surface area (Å²) < 4.78 is 24.0. The van der Waals surface area contributed by atoms with Gasteiger partial charge < -0.3 is 9.05 Å². The Kier molecular flexibility index (Phi) is 7.02. The highest BCUT2D eigenvalue weighted by atomic mass is 31.2. The molecule has 0 atom stereocenters. The van der Waals surface area contributed by atoms with Gasteiger partial charge in [-0.1, -0.05) is 12.1 Å². The SMILES string of the molecule is CC(=O)C(=Cc1cccc([N+](=O)[O-])c1)P(=O)(OC(C)C)OC(C)C. The van der Waals surface area contributed by atoms with E-state index in [1.165, 1.54) is 31.2 Å². The minimum Gasteiger partial charge on any atom is -0.302 e. The summed E-state index contributed by atoms with van der Waals surface area (Å²) in [5.41, 5.74) is 0.241. The number of allylic oxidation sites excluding steroid dienone is 1. The van der Waals surface area contributed by atoms with Crippen LogP contribution in [0.15, 0.2) is 29.6 Å². The maximum Gasteiger partial charge on any atom is 0.365 e. The van der Waals surface area contributed by atoms with Crippen LogP contribution in [0.25, 0.3) is 6.08 Å². The fourth-order valence-corrected chi connectivity index (χ4v) is 4.03. The normalized spacial score (nSPS) is 12.7. The van der Waals surface area contributed by atoms with Crippen LogP contribution in [-0.4, -0.2) is 22.9 Å².